The number of fused-ring (bicyclic) bond motifs is 3. The zero-order chi connectivity index (χ0) is 57.1. The van der Waals surface area contributed by atoms with Crippen LogP contribution in [-0.4, -0.2) is 108 Å². The lowest BCUT2D eigenvalue weighted by Crippen LogP contribution is -2.52. The predicted octanol–water partition coefficient (Wildman–Crippen LogP) is 7.38. The quantitative estimate of drug-likeness (QED) is 0.0251. The molecule has 4 aliphatic rings. The maximum absolute atomic E-state index is 13.3. The first-order valence-electron chi connectivity index (χ1n) is 26.4. The van der Waals surface area contributed by atoms with Crippen molar-refractivity contribution in [3.05, 3.63) is 106 Å². The van der Waals surface area contributed by atoms with Crippen LogP contribution < -0.4 is 20.3 Å². The molecule has 4 aliphatic heterocycles. The SMILES string of the molecule is Cc1c(C)c2c(c(C)c1O)CCC(C)(C(=O)NCCNC(=O)CCCCCN1/C(=C/C=C/C=C/C3=[N+](CCCCCC(=O)ON4C(=O)CCC4=O)c4ccc(S(=O)(=O)[O-])cc4C3(C)C)C(C)(C)c3cc(S(=O)(=O)O)ccc31)O2. The minimum absolute atomic E-state index is 0.000405. The van der Waals surface area contributed by atoms with Crippen molar-refractivity contribution in [2.75, 3.05) is 31.1 Å². The van der Waals surface area contributed by atoms with Crippen LogP contribution in [0.2, 0.25) is 0 Å². The molecule has 3 aromatic rings. The van der Waals surface area contributed by atoms with Crippen molar-refractivity contribution in [3.8, 4) is 11.5 Å². The zero-order valence-electron chi connectivity index (χ0n) is 45.6. The fraction of sp³-hybridized carbons (Fsp3) is 0.474. The normalized spacial score (nSPS) is 19.2. The number of carbonyl (C=O) groups is 5. The maximum atomic E-state index is 13.3. The van der Waals surface area contributed by atoms with Crippen LogP contribution in [-0.2, 0) is 66.3 Å². The Hall–Kier alpha value is -6.68. The second-order valence-electron chi connectivity index (χ2n) is 21.7. The molecule has 1 fully saturated rings. The molecular formula is C57H71N5O14S2. The Morgan fingerprint density at radius 2 is 1.44 bits per heavy atom. The molecule has 4 amide bonds. The molecule has 0 saturated carbocycles. The Labute approximate surface area is 456 Å². The van der Waals surface area contributed by atoms with E-state index in [0.29, 0.717) is 86.4 Å². The van der Waals surface area contributed by atoms with Gasteiger partial charge in [-0.25, -0.2) is 13.2 Å². The smallest absolute Gasteiger partial charge is 0.333 e. The Balaban J connectivity index is 0.973. The van der Waals surface area contributed by atoms with Gasteiger partial charge in [-0.15, -0.1) is 5.06 Å². The topological polar surface area (TPSA) is 269 Å². The second-order valence-corrected chi connectivity index (χ2v) is 24.5. The molecule has 19 nitrogen and oxygen atoms in total. The van der Waals surface area contributed by atoms with Gasteiger partial charge in [0.1, 0.15) is 28.2 Å². The highest BCUT2D eigenvalue weighted by Crippen LogP contribution is 2.49. The summed E-state index contributed by atoms with van der Waals surface area (Å²) in [4.78, 5) is 68.9. The minimum atomic E-state index is -4.75. The molecule has 1 atom stereocenters. The summed E-state index contributed by atoms with van der Waals surface area (Å²) in [6.07, 6.45) is 14.3. The number of hydrogen-bond donors (Lipinski definition) is 4. The van der Waals surface area contributed by atoms with E-state index >= 15 is 0 Å². The summed E-state index contributed by atoms with van der Waals surface area (Å²) in [5.74, 6) is -1.34. The van der Waals surface area contributed by atoms with E-state index in [2.05, 4.69) is 20.1 Å². The van der Waals surface area contributed by atoms with Crippen molar-refractivity contribution in [1.82, 2.24) is 15.7 Å². The number of rotatable bonds is 22. The number of phenols is 1. The van der Waals surface area contributed by atoms with Gasteiger partial charge in [-0.3, -0.25) is 23.7 Å². The Morgan fingerprint density at radius 1 is 0.782 bits per heavy atom. The number of allylic oxidation sites excluding steroid dienone is 6. The summed E-state index contributed by atoms with van der Waals surface area (Å²) in [6.45, 7) is 16.6. The van der Waals surface area contributed by atoms with Gasteiger partial charge in [0.15, 0.2) is 11.3 Å². The molecule has 21 heteroatoms. The van der Waals surface area contributed by atoms with Gasteiger partial charge >= 0.3 is 5.97 Å². The number of aromatic hydroxyl groups is 1. The molecule has 7 rings (SSSR count). The first kappa shape index (κ1) is 59.0. The summed E-state index contributed by atoms with van der Waals surface area (Å²) >= 11 is 0. The fourth-order valence-electron chi connectivity index (χ4n) is 10.8. The average molecular weight is 1110 g/mol. The zero-order valence-corrected chi connectivity index (χ0v) is 47.2. The predicted molar refractivity (Wildman–Crippen MR) is 290 cm³/mol. The van der Waals surface area contributed by atoms with E-state index in [9.17, 15) is 55.0 Å². The number of phenolic OH excluding ortho intramolecular Hbond substituents is 1. The Kier molecular flexibility index (Phi) is 17.7. The number of nitrogens with one attached hydrogen (secondary N) is 2. The van der Waals surface area contributed by atoms with E-state index in [-0.39, 0.29) is 66.1 Å². The summed E-state index contributed by atoms with van der Waals surface area (Å²) in [5, 5.41) is 16.8. The molecule has 0 radical (unpaired) electrons. The van der Waals surface area contributed by atoms with E-state index in [1.807, 2.05) is 78.8 Å². The van der Waals surface area contributed by atoms with Crippen LogP contribution in [0, 0.1) is 20.8 Å². The molecule has 1 saturated heterocycles. The monoisotopic (exact) mass is 1110 g/mol. The molecule has 3 aromatic carbocycles. The van der Waals surface area contributed by atoms with Crippen molar-refractivity contribution in [3.63, 3.8) is 0 Å². The molecule has 4 heterocycles. The van der Waals surface area contributed by atoms with Crippen LogP contribution in [0.3, 0.4) is 0 Å². The third-order valence-electron chi connectivity index (χ3n) is 15.5. The number of nitrogens with zero attached hydrogens (tertiary/aromatic N) is 3. The van der Waals surface area contributed by atoms with E-state index in [1.165, 1.54) is 24.3 Å². The average Bonchev–Trinajstić information content (AvgIpc) is 4.03. The molecule has 0 aromatic heterocycles. The molecule has 78 heavy (non-hydrogen) atoms. The third kappa shape index (κ3) is 12.6. The molecule has 0 aliphatic carbocycles. The highest BCUT2D eigenvalue weighted by molar-refractivity contribution is 7.86. The first-order valence-corrected chi connectivity index (χ1v) is 29.3. The van der Waals surface area contributed by atoms with E-state index in [0.717, 1.165) is 45.0 Å². The number of unbranched alkanes of at least 4 members (excludes halogenated alkanes) is 4. The number of benzene rings is 3. The van der Waals surface area contributed by atoms with Gasteiger partial charge in [0.25, 0.3) is 27.8 Å². The number of anilines is 1. The van der Waals surface area contributed by atoms with Gasteiger partial charge in [-0.05, 0) is 132 Å². The molecule has 0 bridgehead atoms. The first-order chi connectivity index (χ1) is 36.6. The van der Waals surface area contributed by atoms with Crippen molar-refractivity contribution in [2.24, 2.45) is 0 Å². The summed E-state index contributed by atoms with van der Waals surface area (Å²) in [7, 11) is -9.25. The molecular weight excluding hydrogens is 1040 g/mol. The Morgan fingerprint density at radius 3 is 2.13 bits per heavy atom. The molecule has 0 spiro atoms. The fourth-order valence-corrected chi connectivity index (χ4v) is 11.8. The van der Waals surface area contributed by atoms with Gasteiger partial charge in [0, 0.05) is 98.2 Å². The number of imide groups is 1. The van der Waals surface area contributed by atoms with E-state index in [4.69, 9.17) is 9.57 Å². The van der Waals surface area contributed by atoms with Gasteiger partial charge in [0.2, 0.25) is 11.6 Å². The van der Waals surface area contributed by atoms with Crippen LogP contribution in [0.4, 0.5) is 11.4 Å². The van der Waals surface area contributed by atoms with Crippen LogP contribution >= 0.6 is 0 Å². The lowest BCUT2D eigenvalue weighted by Gasteiger charge is -2.36. The van der Waals surface area contributed by atoms with E-state index < -0.39 is 54.5 Å². The van der Waals surface area contributed by atoms with Crippen LogP contribution in [0.25, 0.3) is 0 Å². The van der Waals surface area contributed by atoms with Gasteiger partial charge in [0.05, 0.1) is 15.2 Å². The van der Waals surface area contributed by atoms with Gasteiger partial charge < -0.3 is 34.8 Å². The standard InChI is InChI=1S/C57H71N5O14S2/c1-36-37(2)53-41(38(3)52(36)67)28-29-57(8,75-53)54(68)59-31-30-58-48(63)20-14-10-16-32-60-44-24-22-39(77(69,70)71)34-42(44)55(4,5)46(60)18-12-9-13-19-47-56(6,7)43-35-40(78(72,73)74)23-25-45(43)61(47)33-17-11-15-21-51(66)76-62-49(64)26-27-50(62)65/h9,12-13,18-19,22-25,34-35H,10-11,14-17,20-21,26-33H2,1-8H3,(H4-,58,59,63,67,68,69,70,71,72,73,74). The van der Waals surface area contributed by atoms with Crippen molar-refractivity contribution < 1.29 is 69.2 Å². The third-order valence-corrected chi connectivity index (χ3v) is 17.2. The number of hydrogen-bond acceptors (Lipinski definition) is 14. The second kappa shape index (κ2) is 23.3. The molecule has 4 N–H and O–H groups in total. The highest BCUT2D eigenvalue weighted by atomic mass is 32.2. The van der Waals surface area contributed by atoms with Crippen molar-refractivity contribution in [2.45, 2.75) is 159 Å². The van der Waals surface area contributed by atoms with Crippen LogP contribution in [0.5, 0.6) is 11.5 Å². The number of carbonyl (C=O) groups excluding carboxylic acids is 5. The number of amides is 4. The number of hydroxylamine groups is 2. The van der Waals surface area contributed by atoms with Crippen LogP contribution in [0.1, 0.15) is 139 Å². The largest absolute Gasteiger partial charge is 0.744 e. The van der Waals surface area contributed by atoms with Crippen molar-refractivity contribution in [1.29, 1.82) is 0 Å². The molecule has 420 valence electrons. The van der Waals surface area contributed by atoms with Crippen LogP contribution in [0.15, 0.2) is 82.3 Å². The summed E-state index contributed by atoms with van der Waals surface area (Å²) in [5.41, 5.74) is 5.19. The lowest BCUT2D eigenvalue weighted by molar-refractivity contribution is -0.438. The minimum Gasteiger partial charge on any atom is -0.744 e. The summed E-state index contributed by atoms with van der Waals surface area (Å²) in [6, 6.07) is 8.87. The highest BCUT2D eigenvalue weighted by Gasteiger charge is 2.45. The van der Waals surface area contributed by atoms with Gasteiger partial charge in [-0.2, -0.15) is 13.0 Å². The summed E-state index contributed by atoms with van der Waals surface area (Å²) < 4.78 is 79.2. The van der Waals surface area contributed by atoms with E-state index in [1.54, 1.807) is 19.1 Å². The van der Waals surface area contributed by atoms with Crippen molar-refractivity contribution >= 4 is 66.9 Å². The Bertz CT molecular complexity index is 3270. The maximum Gasteiger partial charge on any atom is 0.333 e. The molecule has 1 unspecified atom stereocenters. The number of ether oxygens (including phenoxy) is 1. The lowest BCUT2D eigenvalue weighted by atomic mass is 9.81. The van der Waals surface area contributed by atoms with Gasteiger partial charge in [-0.1, -0.05) is 38.5 Å².